The summed E-state index contributed by atoms with van der Waals surface area (Å²) in [5.74, 6) is 1.98. The van der Waals surface area contributed by atoms with Crippen LogP contribution in [0.4, 0.5) is 0 Å². The van der Waals surface area contributed by atoms with Crippen molar-refractivity contribution in [2.75, 3.05) is 11.5 Å². The van der Waals surface area contributed by atoms with Crippen molar-refractivity contribution in [3.05, 3.63) is 21.9 Å². The molecule has 0 aliphatic heterocycles. The van der Waals surface area contributed by atoms with Crippen molar-refractivity contribution < 1.29 is 4.79 Å². The van der Waals surface area contributed by atoms with Gasteiger partial charge in [0.2, 0.25) is 0 Å². The Bertz CT molecular complexity index is 278. The van der Waals surface area contributed by atoms with Crippen LogP contribution in [0.1, 0.15) is 28.6 Å². The summed E-state index contributed by atoms with van der Waals surface area (Å²) in [6.45, 7) is 4.13. The largest absolute Gasteiger partial charge is 0.293 e. The van der Waals surface area contributed by atoms with Crippen LogP contribution in [0.2, 0.25) is 0 Å². The van der Waals surface area contributed by atoms with Gasteiger partial charge >= 0.3 is 0 Å². The normalized spacial score (nSPS) is 10.3. The molecule has 1 rings (SSSR count). The molecule has 1 aromatic rings. The minimum absolute atomic E-state index is 0.275. The molecule has 13 heavy (non-hydrogen) atoms. The number of carbonyl (C=O) groups is 1. The zero-order chi connectivity index (χ0) is 9.68. The molecule has 1 aromatic heterocycles. The van der Waals surface area contributed by atoms with Crippen molar-refractivity contribution in [1.29, 1.82) is 0 Å². The average Bonchev–Trinajstić information content (AvgIpc) is 2.52. The van der Waals surface area contributed by atoms with Gasteiger partial charge in [-0.2, -0.15) is 11.8 Å². The van der Waals surface area contributed by atoms with E-state index in [2.05, 4.69) is 6.92 Å². The zero-order valence-corrected chi connectivity index (χ0v) is 9.63. The molecule has 0 bridgehead atoms. The highest BCUT2D eigenvalue weighted by Gasteiger charge is 2.08. The van der Waals surface area contributed by atoms with E-state index in [1.165, 1.54) is 0 Å². The molecular formula is C10H14OS2. The van der Waals surface area contributed by atoms with Gasteiger partial charge in [0.1, 0.15) is 0 Å². The van der Waals surface area contributed by atoms with E-state index in [0.29, 0.717) is 5.75 Å². The standard InChI is InChI=1S/C10H14OS2/c1-3-5-12-7-10(11)9-4-6-13-8(9)2/h4,6H,3,5,7H2,1-2H3. The number of rotatable bonds is 5. The van der Waals surface area contributed by atoms with E-state index in [9.17, 15) is 4.79 Å². The lowest BCUT2D eigenvalue weighted by Crippen LogP contribution is -2.02. The van der Waals surface area contributed by atoms with E-state index in [1.54, 1.807) is 23.1 Å². The zero-order valence-electron chi connectivity index (χ0n) is 8.00. The first-order valence-electron chi connectivity index (χ1n) is 4.40. The van der Waals surface area contributed by atoms with Gasteiger partial charge in [-0.3, -0.25) is 4.79 Å². The van der Waals surface area contributed by atoms with Gasteiger partial charge in [0.05, 0.1) is 5.75 Å². The fraction of sp³-hybridized carbons (Fsp3) is 0.500. The molecule has 0 amide bonds. The number of thiophene rings is 1. The second-order valence-corrected chi connectivity index (χ2v) is 5.09. The van der Waals surface area contributed by atoms with Crippen molar-refractivity contribution in [1.82, 2.24) is 0 Å². The quantitative estimate of drug-likeness (QED) is 0.552. The maximum atomic E-state index is 11.6. The Morgan fingerprint density at radius 1 is 1.62 bits per heavy atom. The van der Waals surface area contributed by atoms with E-state index in [-0.39, 0.29) is 5.78 Å². The molecule has 0 saturated carbocycles. The summed E-state index contributed by atoms with van der Waals surface area (Å²) in [4.78, 5) is 12.7. The molecule has 0 aliphatic rings. The van der Waals surface area contributed by atoms with Crippen molar-refractivity contribution in [3.63, 3.8) is 0 Å². The number of ketones is 1. The maximum absolute atomic E-state index is 11.6. The SMILES string of the molecule is CCCSCC(=O)c1ccsc1C. The molecule has 0 atom stereocenters. The molecule has 0 N–H and O–H groups in total. The van der Waals surface area contributed by atoms with Gasteiger partial charge in [-0.25, -0.2) is 0 Å². The van der Waals surface area contributed by atoms with Gasteiger partial charge < -0.3 is 0 Å². The number of aryl methyl sites for hydroxylation is 1. The molecule has 72 valence electrons. The third-order valence-corrected chi connectivity index (χ3v) is 3.75. The van der Waals surface area contributed by atoms with E-state index >= 15 is 0 Å². The van der Waals surface area contributed by atoms with Crippen LogP contribution in [0.5, 0.6) is 0 Å². The first-order chi connectivity index (χ1) is 6.25. The van der Waals surface area contributed by atoms with Crippen LogP contribution in [0.25, 0.3) is 0 Å². The van der Waals surface area contributed by atoms with Crippen LogP contribution in [-0.4, -0.2) is 17.3 Å². The Balaban J connectivity index is 2.45. The summed E-state index contributed by atoms with van der Waals surface area (Å²) < 4.78 is 0. The van der Waals surface area contributed by atoms with Crippen molar-refractivity contribution in [2.45, 2.75) is 20.3 Å². The second kappa shape index (κ2) is 5.45. The van der Waals surface area contributed by atoms with E-state index in [1.807, 2.05) is 18.4 Å². The van der Waals surface area contributed by atoms with Crippen LogP contribution < -0.4 is 0 Å². The molecule has 1 nitrogen and oxygen atoms in total. The van der Waals surface area contributed by atoms with Crippen molar-refractivity contribution in [3.8, 4) is 0 Å². The van der Waals surface area contributed by atoms with Crippen LogP contribution >= 0.6 is 23.1 Å². The van der Waals surface area contributed by atoms with Crippen LogP contribution in [0.15, 0.2) is 11.4 Å². The minimum Gasteiger partial charge on any atom is -0.293 e. The van der Waals surface area contributed by atoms with Gasteiger partial charge in [-0.05, 0) is 30.5 Å². The summed E-state index contributed by atoms with van der Waals surface area (Å²) in [6, 6.07) is 1.93. The van der Waals surface area contributed by atoms with Crippen molar-refractivity contribution in [2.24, 2.45) is 0 Å². The summed E-state index contributed by atoms with van der Waals surface area (Å²) in [5, 5.41) is 1.98. The minimum atomic E-state index is 0.275. The molecule has 1 heterocycles. The van der Waals surface area contributed by atoms with Gasteiger partial charge in [-0.15, -0.1) is 11.3 Å². The summed E-state index contributed by atoms with van der Waals surface area (Å²) in [7, 11) is 0. The summed E-state index contributed by atoms with van der Waals surface area (Å²) >= 11 is 3.37. The number of Topliss-reactive ketones (excluding diaryl/α,β-unsaturated/α-hetero) is 1. The third-order valence-electron chi connectivity index (χ3n) is 1.74. The number of carbonyl (C=O) groups excluding carboxylic acids is 1. The Kier molecular flexibility index (Phi) is 4.53. The number of hydrogen-bond donors (Lipinski definition) is 0. The van der Waals surface area contributed by atoms with Crippen LogP contribution in [0.3, 0.4) is 0 Å². The number of thioether (sulfide) groups is 1. The third kappa shape index (κ3) is 3.16. The van der Waals surface area contributed by atoms with Gasteiger partial charge in [0.15, 0.2) is 5.78 Å². The highest BCUT2D eigenvalue weighted by molar-refractivity contribution is 7.99. The maximum Gasteiger partial charge on any atom is 0.173 e. The van der Waals surface area contributed by atoms with Crippen molar-refractivity contribution >= 4 is 28.9 Å². The molecule has 0 fully saturated rings. The lowest BCUT2D eigenvalue weighted by atomic mass is 10.2. The smallest absolute Gasteiger partial charge is 0.173 e. The van der Waals surface area contributed by atoms with Gasteiger partial charge in [0, 0.05) is 10.4 Å². The van der Waals surface area contributed by atoms with Gasteiger partial charge in [-0.1, -0.05) is 6.92 Å². The Hall–Kier alpha value is -0.280. The Morgan fingerprint density at radius 2 is 2.38 bits per heavy atom. The highest BCUT2D eigenvalue weighted by atomic mass is 32.2. The fourth-order valence-electron chi connectivity index (χ4n) is 1.06. The Labute approximate surface area is 87.5 Å². The van der Waals surface area contributed by atoms with E-state index < -0.39 is 0 Å². The predicted octanol–water partition coefficient (Wildman–Crippen LogP) is 3.38. The molecule has 0 aromatic carbocycles. The monoisotopic (exact) mass is 214 g/mol. The molecule has 0 radical (unpaired) electrons. The lowest BCUT2D eigenvalue weighted by Gasteiger charge is -1.98. The predicted molar refractivity (Wildman–Crippen MR) is 61.0 cm³/mol. The first kappa shape index (κ1) is 10.8. The van der Waals surface area contributed by atoms with E-state index in [4.69, 9.17) is 0 Å². The van der Waals surface area contributed by atoms with Crippen LogP contribution in [-0.2, 0) is 0 Å². The topological polar surface area (TPSA) is 17.1 Å². The molecule has 0 unspecified atom stereocenters. The number of hydrogen-bond acceptors (Lipinski definition) is 3. The summed E-state index contributed by atoms with van der Waals surface area (Å²) in [6.07, 6.45) is 1.14. The highest BCUT2D eigenvalue weighted by Crippen LogP contribution is 2.17. The van der Waals surface area contributed by atoms with Gasteiger partial charge in [0.25, 0.3) is 0 Å². The molecular weight excluding hydrogens is 200 g/mol. The molecule has 0 saturated heterocycles. The van der Waals surface area contributed by atoms with E-state index in [0.717, 1.165) is 22.6 Å². The Morgan fingerprint density at radius 3 is 2.92 bits per heavy atom. The second-order valence-electron chi connectivity index (χ2n) is 2.87. The lowest BCUT2D eigenvalue weighted by molar-refractivity contribution is 0.102. The first-order valence-corrected chi connectivity index (χ1v) is 6.44. The molecule has 0 spiro atoms. The molecule has 3 heteroatoms. The molecule has 0 aliphatic carbocycles. The summed E-state index contributed by atoms with van der Waals surface area (Å²) in [5.41, 5.74) is 0.911. The fourth-order valence-corrected chi connectivity index (χ4v) is 2.55. The average molecular weight is 214 g/mol. The van der Waals surface area contributed by atoms with Crippen LogP contribution in [0, 0.1) is 6.92 Å².